The largest absolute Gasteiger partial charge is 0.493 e. The first-order valence-electron chi connectivity index (χ1n) is 6.74. The van der Waals surface area contributed by atoms with Crippen LogP contribution in [0.15, 0.2) is 18.2 Å². The van der Waals surface area contributed by atoms with E-state index < -0.39 is 6.67 Å². The Bertz CT molecular complexity index is 521. The Balaban J connectivity index is 2.71. The lowest BCUT2D eigenvalue weighted by molar-refractivity contribution is -0.168. The fraction of sp³-hybridized carbons (Fsp3) is 0.467. The minimum Gasteiger partial charge on any atom is -0.493 e. The van der Waals surface area contributed by atoms with Gasteiger partial charge in [0.2, 0.25) is 5.91 Å². The average molecular weight is 313 g/mol. The smallest absolute Gasteiger partial charge is 0.246 e. The van der Waals surface area contributed by atoms with E-state index in [1.165, 1.54) is 27.3 Å². The standard InChI is InChI=1S/C15H20FNO5/c1-17(21-3)15(19)7-5-12(18)11-4-6-13(22-9-8-16)14(10-11)20-2/h4,6,10H,5,7-9H2,1-3H3. The van der Waals surface area contributed by atoms with Crippen molar-refractivity contribution in [1.82, 2.24) is 5.06 Å². The maximum absolute atomic E-state index is 12.1. The van der Waals surface area contributed by atoms with E-state index >= 15 is 0 Å². The topological polar surface area (TPSA) is 65.1 Å². The van der Waals surface area contributed by atoms with E-state index in [0.29, 0.717) is 17.1 Å². The highest BCUT2D eigenvalue weighted by Crippen LogP contribution is 2.28. The number of rotatable bonds is 9. The van der Waals surface area contributed by atoms with Gasteiger partial charge in [0, 0.05) is 25.5 Å². The van der Waals surface area contributed by atoms with Crippen LogP contribution in [0.25, 0.3) is 0 Å². The van der Waals surface area contributed by atoms with E-state index in [-0.39, 0.29) is 31.1 Å². The van der Waals surface area contributed by atoms with Crippen LogP contribution in [0.5, 0.6) is 11.5 Å². The van der Waals surface area contributed by atoms with Crippen molar-refractivity contribution >= 4 is 11.7 Å². The van der Waals surface area contributed by atoms with Crippen LogP contribution in [0.1, 0.15) is 23.2 Å². The van der Waals surface area contributed by atoms with Gasteiger partial charge in [-0.2, -0.15) is 0 Å². The number of hydrogen-bond acceptors (Lipinski definition) is 5. The number of alkyl halides is 1. The predicted molar refractivity (Wildman–Crippen MR) is 77.8 cm³/mol. The molecule has 0 saturated carbocycles. The van der Waals surface area contributed by atoms with E-state index in [2.05, 4.69) is 0 Å². The molecule has 0 aromatic heterocycles. The molecule has 0 bridgehead atoms. The fourth-order valence-corrected chi connectivity index (χ4v) is 1.73. The highest BCUT2D eigenvalue weighted by atomic mass is 19.1. The van der Waals surface area contributed by atoms with Gasteiger partial charge in [-0.25, -0.2) is 9.45 Å². The molecule has 0 fully saturated rings. The first kappa shape index (κ1) is 17.9. The summed E-state index contributed by atoms with van der Waals surface area (Å²) in [6, 6.07) is 4.62. The summed E-state index contributed by atoms with van der Waals surface area (Å²) in [4.78, 5) is 28.4. The predicted octanol–water partition coefficient (Wildman–Crippen LogP) is 2.03. The zero-order valence-corrected chi connectivity index (χ0v) is 12.9. The van der Waals surface area contributed by atoms with Crippen LogP contribution in [0.4, 0.5) is 4.39 Å². The Morgan fingerprint density at radius 2 is 1.91 bits per heavy atom. The molecule has 0 spiro atoms. The molecule has 1 rings (SSSR count). The maximum Gasteiger partial charge on any atom is 0.246 e. The third-order valence-corrected chi connectivity index (χ3v) is 3.01. The first-order chi connectivity index (χ1) is 10.5. The van der Waals surface area contributed by atoms with Crippen molar-refractivity contribution < 1.29 is 28.3 Å². The molecule has 0 atom stereocenters. The van der Waals surface area contributed by atoms with E-state index in [1.54, 1.807) is 12.1 Å². The highest BCUT2D eigenvalue weighted by molar-refractivity contribution is 5.98. The Hall–Kier alpha value is -2.15. The summed E-state index contributed by atoms with van der Waals surface area (Å²) in [5.74, 6) is 0.227. The summed E-state index contributed by atoms with van der Waals surface area (Å²) in [5.41, 5.74) is 0.400. The molecule has 0 radical (unpaired) electrons. The molecule has 0 aliphatic heterocycles. The normalized spacial score (nSPS) is 10.2. The van der Waals surface area contributed by atoms with Gasteiger partial charge in [-0.3, -0.25) is 14.4 Å². The Morgan fingerprint density at radius 1 is 1.18 bits per heavy atom. The summed E-state index contributed by atoms with van der Waals surface area (Å²) >= 11 is 0. The number of ketones is 1. The van der Waals surface area contributed by atoms with Crippen molar-refractivity contribution in [3.8, 4) is 11.5 Å². The molecule has 0 aliphatic rings. The van der Waals surface area contributed by atoms with Crippen molar-refractivity contribution in [2.24, 2.45) is 0 Å². The van der Waals surface area contributed by atoms with Gasteiger partial charge in [-0.15, -0.1) is 0 Å². The molecule has 1 aromatic carbocycles. The lowest BCUT2D eigenvalue weighted by atomic mass is 10.1. The first-order valence-corrected chi connectivity index (χ1v) is 6.74. The molecule has 0 unspecified atom stereocenters. The number of hydrogen-bond donors (Lipinski definition) is 0. The Morgan fingerprint density at radius 3 is 2.50 bits per heavy atom. The van der Waals surface area contributed by atoms with Crippen LogP contribution < -0.4 is 9.47 Å². The van der Waals surface area contributed by atoms with Gasteiger partial charge in [0.05, 0.1) is 14.2 Å². The summed E-state index contributed by atoms with van der Waals surface area (Å²) in [7, 11) is 4.29. The van der Waals surface area contributed by atoms with Crippen molar-refractivity contribution in [2.75, 3.05) is 34.5 Å². The number of amides is 1. The molecule has 0 N–H and O–H groups in total. The number of benzene rings is 1. The Labute approximate surface area is 128 Å². The lowest BCUT2D eigenvalue weighted by Gasteiger charge is -2.13. The van der Waals surface area contributed by atoms with Gasteiger partial charge in [-0.05, 0) is 18.2 Å². The second-order valence-electron chi connectivity index (χ2n) is 4.40. The van der Waals surface area contributed by atoms with Crippen LogP contribution in [0.2, 0.25) is 0 Å². The molecule has 1 aromatic rings. The molecule has 0 heterocycles. The van der Waals surface area contributed by atoms with Crippen LogP contribution in [0, 0.1) is 0 Å². The second-order valence-corrected chi connectivity index (χ2v) is 4.40. The Kier molecular flexibility index (Phi) is 7.31. The van der Waals surface area contributed by atoms with Gasteiger partial charge in [0.1, 0.15) is 13.3 Å². The average Bonchev–Trinajstić information content (AvgIpc) is 2.56. The van der Waals surface area contributed by atoms with Crippen molar-refractivity contribution in [3.63, 3.8) is 0 Å². The molecule has 1 amide bonds. The van der Waals surface area contributed by atoms with Crippen LogP contribution in [-0.4, -0.2) is 51.3 Å². The number of carbonyl (C=O) groups is 2. The maximum atomic E-state index is 12.1. The van der Waals surface area contributed by atoms with E-state index in [4.69, 9.17) is 14.3 Å². The molecule has 122 valence electrons. The summed E-state index contributed by atoms with van der Waals surface area (Å²) in [5, 5.41) is 1.07. The number of carbonyl (C=O) groups excluding carboxylic acids is 2. The summed E-state index contributed by atoms with van der Waals surface area (Å²) in [6.07, 6.45) is 0.103. The van der Waals surface area contributed by atoms with E-state index in [9.17, 15) is 14.0 Å². The quantitative estimate of drug-likeness (QED) is 0.515. The number of Topliss-reactive ketones (excluding diaryl/α,β-unsaturated/α-hetero) is 1. The SMILES string of the molecule is COc1cc(C(=O)CCC(=O)N(C)OC)ccc1OCCF. The van der Waals surface area contributed by atoms with Gasteiger partial charge in [-0.1, -0.05) is 0 Å². The molecular formula is C15H20FNO5. The molecule has 0 aliphatic carbocycles. The third kappa shape index (κ3) is 5.00. The molecule has 7 heteroatoms. The fourth-order valence-electron chi connectivity index (χ4n) is 1.73. The van der Waals surface area contributed by atoms with Gasteiger partial charge in [0.25, 0.3) is 0 Å². The summed E-state index contributed by atoms with van der Waals surface area (Å²) < 4.78 is 22.4. The van der Waals surface area contributed by atoms with Crippen LogP contribution in [0.3, 0.4) is 0 Å². The third-order valence-electron chi connectivity index (χ3n) is 3.01. The van der Waals surface area contributed by atoms with Gasteiger partial charge in [0.15, 0.2) is 17.3 Å². The van der Waals surface area contributed by atoms with Gasteiger partial charge >= 0.3 is 0 Å². The van der Waals surface area contributed by atoms with Crippen LogP contribution in [-0.2, 0) is 9.63 Å². The lowest BCUT2D eigenvalue weighted by Crippen LogP contribution is -2.25. The number of hydroxylamine groups is 2. The number of methoxy groups -OCH3 is 1. The summed E-state index contributed by atoms with van der Waals surface area (Å²) in [6.45, 7) is -0.694. The highest BCUT2D eigenvalue weighted by Gasteiger charge is 2.14. The van der Waals surface area contributed by atoms with Crippen molar-refractivity contribution in [3.05, 3.63) is 23.8 Å². The minimum absolute atomic E-state index is 0.0472. The molecular weight excluding hydrogens is 293 g/mol. The molecule has 6 nitrogen and oxygen atoms in total. The van der Waals surface area contributed by atoms with Crippen molar-refractivity contribution in [2.45, 2.75) is 12.8 Å². The van der Waals surface area contributed by atoms with Gasteiger partial charge < -0.3 is 9.47 Å². The van der Waals surface area contributed by atoms with Crippen LogP contribution >= 0.6 is 0 Å². The van der Waals surface area contributed by atoms with E-state index in [0.717, 1.165) is 5.06 Å². The molecule has 22 heavy (non-hydrogen) atoms. The number of nitrogens with zero attached hydrogens (tertiary/aromatic N) is 1. The molecule has 0 saturated heterocycles. The monoisotopic (exact) mass is 313 g/mol. The second kappa shape index (κ2) is 8.99. The zero-order valence-electron chi connectivity index (χ0n) is 12.9. The van der Waals surface area contributed by atoms with Crippen molar-refractivity contribution in [1.29, 1.82) is 0 Å². The number of ether oxygens (including phenoxy) is 2. The zero-order chi connectivity index (χ0) is 16.5. The number of halogens is 1. The van der Waals surface area contributed by atoms with E-state index in [1.807, 2.05) is 0 Å². The minimum atomic E-state index is -0.612.